The molecule has 0 aliphatic carbocycles. The molecule has 1 fully saturated rings. The summed E-state index contributed by atoms with van der Waals surface area (Å²) in [6.45, 7) is 3.57. The number of carbonyl (C=O) groups excluding carboxylic acids is 4. The minimum absolute atomic E-state index is 0.0971. The zero-order valence-electron chi connectivity index (χ0n) is 23.3. The number of para-hydroxylation sites is 1. The zero-order chi connectivity index (χ0) is 29.2. The molecule has 0 radical (unpaired) electrons. The van der Waals surface area contributed by atoms with Crippen LogP contribution in [0.25, 0.3) is 22.3 Å². The van der Waals surface area contributed by atoms with Crippen LogP contribution in [0.5, 0.6) is 0 Å². The molecular weight excluding hydrogens is 534 g/mol. The Morgan fingerprint density at radius 1 is 0.976 bits per heavy atom. The molecule has 1 saturated heterocycles. The fraction of sp³-hybridized carbons (Fsp3) is 0.323. The van der Waals surface area contributed by atoms with Crippen LogP contribution in [0.1, 0.15) is 64.8 Å². The number of nitrogens with one attached hydrogen (secondary N) is 2. The molecule has 42 heavy (non-hydrogen) atoms. The molecule has 2 aliphatic rings. The van der Waals surface area contributed by atoms with Gasteiger partial charge in [-0.25, -0.2) is 4.98 Å². The SMILES string of the molecule is Cc1cccc2nc(-c3cnn(CCCCCCNc4ccc5c(c4)C(=O)N(C4CCC(=O)NC4=O)C5=O)c3)cnc12. The minimum Gasteiger partial charge on any atom is -0.385 e. The van der Waals surface area contributed by atoms with Crippen molar-refractivity contribution >= 4 is 40.3 Å². The monoisotopic (exact) mass is 565 g/mol. The number of anilines is 1. The van der Waals surface area contributed by atoms with Crippen molar-refractivity contribution in [3.8, 4) is 11.3 Å². The summed E-state index contributed by atoms with van der Waals surface area (Å²) in [4.78, 5) is 59.9. The second kappa shape index (κ2) is 11.5. The number of hydrogen-bond donors (Lipinski definition) is 2. The van der Waals surface area contributed by atoms with Gasteiger partial charge in [0.2, 0.25) is 11.8 Å². The number of aryl methyl sites for hydroxylation is 2. The van der Waals surface area contributed by atoms with Gasteiger partial charge in [0, 0.05) is 37.0 Å². The maximum Gasteiger partial charge on any atom is 0.262 e. The number of nitrogens with zero attached hydrogens (tertiary/aromatic N) is 5. The van der Waals surface area contributed by atoms with E-state index in [0.29, 0.717) is 0 Å². The maximum absolute atomic E-state index is 13.0. The second-order valence-corrected chi connectivity index (χ2v) is 10.7. The predicted molar refractivity (Wildman–Crippen MR) is 156 cm³/mol. The van der Waals surface area contributed by atoms with Crippen molar-refractivity contribution in [2.24, 2.45) is 0 Å². The summed E-state index contributed by atoms with van der Waals surface area (Å²) in [6, 6.07) is 10.1. The Kier molecular flexibility index (Phi) is 7.47. The molecule has 214 valence electrons. The molecular formula is C31H31N7O4. The lowest BCUT2D eigenvalue weighted by molar-refractivity contribution is -0.136. The summed E-state index contributed by atoms with van der Waals surface area (Å²) in [5.41, 5.74) is 5.96. The Morgan fingerprint density at radius 2 is 1.81 bits per heavy atom. The molecule has 1 unspecified atom stereocenters. The van der Waals surface area contributed by atoms with Gasteiger partial charge in [0.25, 0.3) is 11.8 Å². The Hall–Kier alpha value is -4.93. The number of fused-ring (bicyclic) bond motifs is 2. The lowest BCUT2D eigenvalue weighted by Gasteiger charge is -2.27. The van der Waals surface area contributed by atoms with Gasteiger partial charge >= 0.3 is 0 Å². The standard InChI is InChI=1S/C31H31N7O4/c1-19-7-6-8-24-28(19)33-17-25(35-24)20-16-34-37(18-20)14-5-3-2-4-13-32-21-9-10-22-23(15-21)31(42)38(30(22)41)26-11-12-27(39)36-29(26)40/h6-10,15-18,26,32H,2-5,11-14H2,1H3,(H,36,39,40). The molecule has 2 aliphatic heterocycles. The fourth-order valence-corrected chi connectivity index (χ4v) is 5.51. The number of rotatable bonds is 10. The number of benzene rings is 2. The van der Waals surface area contributed by atoms with E-state index >= 15 is 0 Å². The Labute approximate surface area is 242 Å². The van der Waals surface area contributed by atoms with Crippen LogP contribution < -0.4 is 10.6 Å². The molecule has 0 spiro atoms. The number of unbranched alkanes of at least 4 members (excludes halogenated alkanes) is 3. The van der Waals surface area contributed by atoms with Crippen molar-refractivity contribution in [2.45, 2.75) is 58.0 Å². The number of amides is 4. The van der Waals surface area contributed by atoms with Gasteiger partial charge < -0.3 is 5.32 Å². The van der Waals surface area contributed by atoms with Crippen molar-refractivity contribution < 1.29 is 19.2 Å². The molecule has 4 heterocycles. The summed E-state index contributed by atoms with van der Waals surface area (Å²) in [5.74, 6) is -2.00. The molecule has 11 nitrogen and oxygen atoms in total. The smallest absolute Gasteiger partial charge is 0.262 e. The van der Waals surface area contributed by atoms with Crippen LogP contribution in [0.15, 0.2) is 55.0 Å². The topological polar surface area (TPSA) is 139 Å². The molecule has 4 amide bonds. The van der Waals surface area contributed by atoms with Gasteiger partial charge in [0.05, 0.1) is 40.2 Å². The third kappa shape index (κ3) is 5.37. The highest BCUT2D eigenvalue weighted by atomic mass is 16.2. The molecule has 6 rings (SSSR count). The highest BCUT2D eigenvalue weighted by Gasteiger charge is 2.44. The van der Waals surface area contributed by atoms with Crippen molar-refractivity contribution in [1.82, 2.24) is 30.0 Å². The summed E-state index contributed by atoms with van der Waals surface area (Å²) < 4.78 is 1.94. The lowest BCUT2D eigenvalue weighted by atomic mass is 10.0. The van der Waals surface area contributed by atoms with E-state index in [2.05, 4.69) is 20.7 Å². The first kappa shape index (κ1) is 27.3. The molecule has 2 aromatic heterocycles. The number of piperidine rings is 1. The number of aromatic nitrogens is 4. The van der Waals surface area contributed by atoms with Gasteiger partial charge in [0.1, 0.15) is 6.04 Å². The van der Waals surface area contributed by atoms with Crippen LogP contribution in [-0.4, -0.2) is 60.9 Å². The van der Waals surface area contributed by atoms with Crippen LogP contribution in [-0.2, 0) is 16.1 Å². The predicted octanol–water partition coefficient (Wildman–Crippen LogP) is 3.88. The van der Waals surface area contributed by atoms with Gasteiger partial charge in [-0.15, -0.1) is 0 Å². The van der Waals surface area contributed by atoms with Crippen molar-refractivity contribution in [3.63, 3.8) is 0 Å². The van der Waals surface area contributed by atoms with E-state index in [1.807, 2.05) is 42.2 Å². The number of hydrogen-bond acceptors (Lipinski definition) is 8. The highest BCUT2D eigenvalue weighted by molar-refractivity contribution is 6.23. The third-order valence-electron chi connectivity index (χ3n) is 7.79. The average Bonchev–Trinajstić information content (AvgIpc) is 3.55. The number of imide groups is 2. The highest BCUT2D eigenvalue weighted by Crippen LogP contribution is 2.29. The molecule has 4 aromatic rings. The van der Waals surface area contributed by atoms with Crippen LogP contribution >= 0.6 is 0 Å². The van der Waals surface area contributed by atoms with E-state index in [1.54, 1.807) is 24.4 Å². The average molecular weight is 566 g/mol. The van der Waals surface area contributed by atoms with Crippen LogP contribution in [0, 0.1) is 6.92 Å². The first-order valence-corrected chi connectivity index (χ1v) is 14.2. The van der Waals surface area contributed by atoms with E-state index in [-0.39, 0.29) is 24.0 Å². The van der Waals surface area contributed by atoms with E-state index in [9.17, 15) is 19.2 Å². The Bertz CT molecular complexity index is 1710. The molecule has 2 aromatic carbocycles. The molecule has 1 atom stereocenters. The van der Waals surface area contributed by atoms with E-state index in [1.165, 1.54) is 0 Å². The lowest BCUT2D eigenvalue weighted by Crippen LogP contribution is -2.54. The minimum atomic E-state index is -0.962. The quantitative estimate of drug-likeness (QED) is 0.218. The second-order valence-electron chi connectivity index (χ2n) is 10.7. The van der Waals surface area contributed by atoms with E-state index in [4.69, 9.17) is 4.98 Å². The van der Waals surface area contributed by atoms with Crippen molar-refractivity contribution in [3.05, 3.63) is 71.7 Å². The Morgan fingerprint density at radius 3 is 2.67 bits per heavy atom. The van der Waals surface area contributed by atoms with Gasteiger partial charge in [-0.1, -0.05) is 25.0 Å². The van der Waals surface area contributed by atoms with Gasteiger partial charge in [-0.3, -0.25) is 39.1 Å². The first-order chi connectivity index (χ1) is 20.4. The van der Waals surface area contributed by atoms with Crippen LogP contribution in [0.2, 0.25) is 0 Å². The van der Waals surface area contributed by atoms with Crippen LogP contribution in [0.4, 0.5) is 5.69 Å². The zero-order valence-corrected chi connectivity index (χ0v) is 23.3. The van der Waals surface area contributed by atoms with Gasteiger partial charge in [-0.05, 0) is 56.0 Å². The van der Waals surface area contributed by atoms with Crippen molar-refractivity contribution in [1.29, 1.82) is 0 Å². The van der Waals surface area contributed by atoms with Crippen LogP contribution in [0.3, 0.4) is 0 Å². The van der Waals surface area contributed by atoms with Gasteiger partial charge in [-0.2, -0.15) is 5.10 Å². The third-order valence-corrected chi connectivity index (χ3v) is 7.79. The molecule has 2 N–H and O–H groups in total. The molecule has 0 bridgehead atoms. The molecule has 0 saturated carbocycles. The fourth-order valence-electron chi connectivity index (χ4n) is 5.51. The normalized spacial score (nSPS) is 16.7. The summed E-state index contributed by atoms with van der Waals surface area (Å²) in [6.07, 6.45) is 9.89. The summed E-state index contributed by atoms with van der Waals surface area (Å²) in [7, 11) is 0. The van der Waals surface area contributed by atoms with E-state index in [0.717, 1.165) is 77.2 Å². The van der Waals surface area contributed by atoms with Crippen molar-refractivity contribution in [2.75, 3.05) is 11.9 Å². The first-order valence-electron chi connectivity index (χ1n) is 14.2. The van der Waals surface area contributed by atoms with Gasteiger partial charge in [0.15, 0.2) is 0 Å². The summed E-state index contributed by atoms with van der Waals surface area (Å²) in [5, 5.41) is 10.0. The number of carbonyl (C=O) groups is 4. The van der Waals surface area contributed by atoms with E-state index < -0.39 is 29.7 Å². The molecule has 11 heteroatoms. The summed E-state index contributed by atoms with van der Waals surface area (Å²) >= 11 is 0. The largest absolute Gasteiger partial charge is 0.385 e. The maximum atomic E-state index is 13.0. The Balaban J connectivity index is 0.947.